The second kappa shape index (κ2) is 10.3. The van der Waals surface area contributed by atoms with Crippen molar-refractivity contribution < 1.29 is 14.2 Å². The molecule has 0 heterocycles. The highest BCUT2D eigenvalue weighted by Crippen LogP contribution is 2.28. The normalized spacial score (nSPS) is 10.3. The zero-order chi connectivity index (χ0) is 14.6. The maximum absolute atomic E-state index is 5.71. The lowest BCUT2D eigenvalue weighted by atomic mass is 10.2. The number of hydrogen-bond acceptors (Lipinski definition) is 4. The molecule has 4 nitrogen and oxygen atoms in total. The van der Waals surface area contributed by atoms with E-state index in [0.717, 1.165) is 43.0 Å². The Balaban J connectivity index is 2.49. The Morgan fingerprint density at radius 1 is 1.20 bits per heavy atom. The first-order chi connectivity index (χ1) is 9.81. The highest BCUT2D eigenvalue weighted by molar-refractivity contribution is 5.42. The molecule has 0 aliphatic carbocycles. The maximum Gasteiger partial charge on any atom is 0.161 e. The fourth-order valence-electron chi connectivity index (χ4n) is 1.76. The lowest BCUT2D eigenvalue weighted by Crippen LogP contribution is -2.18. The van der Waals surface area contributed by atoms with E-state index in [0.29, 0.717) is 13.2 Å². The van der Waals surface area contributed by atoms with Gasteiger partial charge in [0.15, 0.2) is 11.5 Å². The van der Waals surface area contributed by atoms with Crippen LogP contribution >= 0.6 is 0 Å². The number of allylic oxidation sites excluding steroid dienone is 1. The Morgan fingerprint density at radius 3 is 2.75 bits per heavy atom. The number of methoxy groups -OCH3 is 2. The van der Waals surface area contributed by atoms with Crippen molar-refractivity contribution in [2.24, 2.45) is 0 Å². The molecule has 112 valence electrons. The topological polar surface area (TPSA) is 39.7 Å². The standard InChI is InChI=1S/C16H25NO3/c1-4-5-6-10-20-15-8-7-14(12-16(15)19-3)13-17-9-11-18-2/h4,7-8,12,17H,1,5-6,9-11,13H2,2-3H3. The number of rotatable bonds is 11. The van der Waals surface area contributed by atoms with Gasteiger partial charge in [0, 0.05) is 20.2 Å². The Labute approximate surface area is 121 Å². The Hall–Kier alpha value is -1.52. The molecule has 0 atom stereocenters. The summed E-state index contributed by atoms with van der Waals surface area (Å²) in [6.45, 7) is 6.70. The summed E-state index contributed by atoms with van der Waals surface area (Å²) in [6.07, 6.45) is 3.83. The van der Waals surface area contributed by atoms with Gasteiger partial charge in [-0.3, -0.25) is 0 Å². The summed E-state index contributed by atoms with van der Waals surface area (Å²) >= 11 is 0. The molecule has 0 bridgehead atoms. The summed E-state index contributed by atoms with van der Waals surface area (Å²) in [5, 5.41) is 3.30. The van der Waals surface area contributed by atoms with Crippen molar-refractivity contribution in [1.82, 2.24) is 5.32 Å². The van der Waals surface area contributed by atoms with Crippen LogP contribution in [0.4, 0.5) is 0 Å². The third kappa shape index (κ3) is 6.08. The molecular formula is C16H25NO3. The van der Waals surface area contributed by atoms with Gasteiger partial charge in [0.05, 0.1) is 20.3 Å². The van der Waals surface area contributed by atoms with Crippen LogP contribution < -0.4 is 14.8 Å². The molecule has 1 aromatic rings. The summed E-state index contributed by atoms with van der Waals surface area (Å²) in [6, 6.07) is 6.01. The summed E-state index contributed by atoms with van der Waals surface area (Å²) < 4.78 is 16.1. The number of benzene rings is 1. The third-order valence-electron chi connectivity index (χ3n) is 2.85. The first-order valence-corrected chi connectivity index (χ1v) is 6.92. The van der Waals surface area contributed by atoms with Crippen LogP contribution in [0.15, 0.2) is 30.9 Å². The molecule has 1 N–H and O–H groups in total. The average Bonchev–Trinajstić information content (AvgIpc) is 2.49. The van der Waals surface area contributed by atoms with Gasteiger partial charge >= 0.3 is 0 Å². The van der Waals surface area contributed by atoms with Crippen LogP contribution in [0.1, 0.15) is 18.4 Å². The SMILES string of the molecule is C=CCCCOc1ccc(CNCCOC)cc1OC. The van der Waals surface area contributed by atoms with Gasteiger partial charge in [-0.15, -0.1) is 6.58 Å². The Morgan fingerprint density at radius 2 is 2.05 bits per heavy atom. The van der Waals surface area contributed by atoms with Crippen LogP contribution in [0.3, 0.4) is 0 Å². The molecular weight excluding hydrogens is 254 g/mol. The molecule has 0 spiro atoms. The highest BCUT2D eigenvalue weighted by Gasteiger charge is 2.05. The molecule has 0 fully saturated rings. The predicted molar refractivity (Wildman–Crippen MR) is 81.5 cm³/mol. The van der Waals surface area contributed by atoms with Crippen LogP contribution in [0.2, 0.25) is 0 Å². The van der Waals surface area contributed by atoms with Crippen LogP contribution in [0.5, 0.6) is 11.5 Å². The molecule has 4 heteroatoms. The average molecular weight is 279 g/mol. The van der Waals surface area contributed by atoms with Gasteiger partial charge in [0.2, 0.25) is 0 Å². The minimum atomic E-state index is 0.674. The minimum Gasteiger partial charge on any atom is -0.493 e. The molecule has 0 aliphatic heterocycles. The van der Waals surface area contributed by atoms with Crippen molar-refractivity contribution in [2.75, 3.05) is 34.0 Å². The van der Waals surface area contributed by atoms with E-state index in [1.165, 1.54) is 0 Å². The van der Waals surface area contributed by atoms with Crippen molar-refractivity contribution in [1.29, 1.82) is 0 Å². The lowest BCUT2D eigenvalue weighted by molar-refractivity contribution is 0.199. The monoisotopic (exact) mass is 279 g/mol. The van der Waals surface area contributed by atoms with Crippen LogP contribution in [-0.2, 0) is 11.3 Å². The second-order valence-corrected chi connectivity index (χ2v) is 4.43. The van der Waals surface area contributed by atoms with E-state index < -0.39 is 0 Å². The van der Waals surface area contributed by atoms with E-state index in [1.807, 2.05) is 24.3 Å². The first kappa shape index (κ1) is 16.5. The zero-order valence-corrected chi connectivity index (χ0v) is 12.5. The molecule has 0 amide bonds. The van der Waals surface area contributed by atoms with Gasteiger partial charge in [-0.05, 0) is 30.5 Å². The summed E-state index contributed by atoms with van der Waals surface area (Å²) in [5.74, 6) is 1.56. The molecule has 1 aromatic carbocycles. The molecule has 0 aromatic heterocycles. The van der Waals surface area contributed by atoms with Crippen molar-refractivity contribution in [3.05, 3.63) is 36.4 Å². The third-order valence-corrected chi connectivity index (χ3v) is 2.85. The van der Waals surface area contributed by atoms with Crippen molar-refractivity contribution in [3.63, 3.8) is 0 Å². The van der Waals surface area contributed by atoms with Gasteiger partial charge < -0.3 is 19.5 Å². The van der Waals surface area contributed by atoms with Crippen molar-refractivity contribution >= 4 is 0 Å². The van der Waals surface area contributed by atoms with Gasteiger partial charge in [-0.2, -0.15) is 0 Å². The van der Waals surface area contributed by atoms with Gasteiger partial charge in [-0.25, -0.2) is 0 Å². The number of nitrogens with one attached hydrogen (secondary N) is 1. The molecule has 0 radical (unpaired) electrons. The minimum absolute atomic E-state index is 0.674. The molecule has 0 aliphatic rings. The smallest absolute Gasteiger partial charge is 0.161 e. The largest absolute Gasteiger partial charge is 0.493 e. The Kier molecular flexibility index (Phi) is 8.51. The summed E-state index contributed by atoms with van der Waals surface area (Å²) in [7, 11) is 3.36. The molecule has 0 saturated heterocycles. The number of ether oxygens (including phenoxy) is 3. The van der Waals surface area contributed by atoms with E-state index in [-0.39, 0.29) is 0 Å². The van der Waals surface area contributed by atoms with Crippen LogP contribution in [0, 0.1) is 0 Å². The molecule has 0 unspecified atom stereocenters. The van der Waals surface area contributed by atoms with E-state index >= 15 is 0 Å². The predicted octanol–water partition coefficient (Wildman–Crippen LogP) is 2.78. The van der Waals surface area contributed by atoms with E-state index in [2.05, 4.69) is 11.9 Å². The second-order valence-electron chi connectivity index (χ2n) is 4.43. The van der Waals surface area contributed by atoms with E-state index in [1.54, 1.807) is 14.2 Å². The fourth-order valence-corrected chi connectivity index (χ4v) is 1.76. The van der Waals surface area contributed by atoms with Gasteiger partial charge in [0.25, 0.3) is 0 Å². The van der Waals surface area contributed by atoms with Crippen LogP contribution in [-0.4, -0.2) is 34.0 Å². The van der Waals surface area contributed by atoms with Gasteiger partial charge in [0.1, 0.15) is 0 Å². The number of hydrogen-bond donors (Lipinski definition) is 1. The summed E-state index contributed by atoms with van der Waals surface area (Å²) in [5.41, 5.74) is 1.16. The lowest BCUT2D eigenvalue weighted by Gasteiger charge is -2.12. The Bertz CT molecular complexity index is 393. The maximum atomic E-state index is 5.71. The van der Waals surface area contributed by atoms with Crippen molar-refractivity contribution in [2.45, 2.75) is 19.4 Å². The summed E-state index contributed by atoms with van der Waals surface area (Å²) in [4.78, 5) is 0. The molecule has 1 rings (SSSR count). The number of unbranched alkanes of at least 4 members (excludes halogenated alkanes) is 1. The van der Waals surface area contributed by atoms with Crippen molar-refractivity contribution in [3.8, 4) is 11.5 Å². The highest BCUT2D eigenvalue weighted by atomic mass is 16.5. The quantitative estimate of drug-likeness (QED) is 0.499. The van der Waals surface area contributed by atoms with Gasteiger partial charge in [-0.1, -0.05) is 12.1 Å². The fraction of sp³-hybridized carbons (Fsp3) is 0.500. The van der Waals surface area contributed by atoms with E-state index in [4.69, 9.17) is 14.2 Å². The first-order valence-electron chi connectivity index (χ1n) is 6.92. The van der Waals surface area contributed by atoms with E-state index in [9.17, 15) is 0 Å². The zero-order valence-electron chi connectivity index (χ0n) is 12.5. The molecule has 0 saturated carbocycles. The van der Waals surface area contributed by atoms with Crippen LogP contribution in [0.25, 0.3) is 0 Å². The molecule has 20 heavy (non-hydrogen) atoms.